The molecule has 108 valence electrons. The Labute approximate surface area is 126 Å². The molecule has 6 nitrogen and oxygen atoms in total. The Hall–Kier alpha value is -2.15. The molecule has 1 aromatic carbocycles. The third-order valence-corrected chi connectivity index (χ3v) is 4.41. The summed E-state index contributed by atoms with van der Waals surface area (Å²) in [7, 11) is 3.48. The summed E-state index contributed by atoms with van der Waals surface area (Å²) < 4.78 is 1.70. The topological polar surface area (TPSA) is 63.4 Å². The predicted octanol–water partition coefficient (Wildman–Crippen LogP) is 1.73. The molecule has 0 saturated carbocycles. The van der Waals surface area contributed by atoms with Crippen LogP contribution in [-0.2, 0) is 4.79 Å². The number of carbonyl (C=O) groups is 1. The summed E-state index contributed by atoms with van der Waals surface area (Å²) in [4.78, 5) is 13.7. The van der Waals surface area contributed by atoms with E-state index in [1.807, 2.05) is 37.3 Å². The zero-order valence-corrected chi connectivity index (χ0v) is 12.8. The van der Waals surface area contributed by atoms with Gasteiger partial charge in [0.15, 0.2) is 5.82 Å². The summed E-state index contributed by atoms with van der Waals surface area (Å²) in [5.74, 6) is 0.699. The van der Waals surface area contributed by atoms with Crippen LogP contribution in [0.3, 0.4) is 0 Å². The zero-order chi connectivity index (χ0) is 15.0. The van der Waals surface area contributed by atoms with Gasteiger partial charge in [-0.15, -0.1) is 10.2 Å². The van der Waals surface area contributed by atoms with Gasteiger partial charge in [0.2, 0.25) is 11.1 Å². The van der Waals surface area contributed by atoms with E-state index in [1.165, 1.54) is 11.8 Å². The highest BCUT2D eigenvalue weighted by Gasteiger charge is 2.31. The number of carbonyl (C=O) groups excluding carboxylic acids is 1. The molecule has 1 atom stereocenters. The standard InChI is InChI=1S/C14H15N5OS/c1-9-11(13(20)18(2)3)21-14-16-15-12(19(14)17-9)10-7-5-4-6-8-10/h4-8,11H,1-3H3. The lowest BCUT2D eigenvalue weighted by Crippen LogP contribution is -2.37. The first-order chi connectivity index (χ1) is 10.1. The number of aromatic nitrogens is 3. The van der Waals surface area contributed by atoms with Crippen molar-refractivity contribution in [3.05, 3.63) is 30.3 Å². The number of thioether (sulfide) groups is 1. The predicted molar refractivity (Wildman–Crippen MR) is 82.3 cm³/mol. The van der Waals surface area contributed by atoms with Crippen LogP contribution in [0.5, 0.6) is 0 Å². The molecule has 0 aliphatic carbocycles. The van der Waals surface area contributed by atoms with Gasteiger partial charge < -0.3 is 4.90 Å². The molecule has 0 radical (unpaired) electrons. The third kappa shape index (κ3) is 2.44. The van der Waals surface area contributed by atoms with Crippen LogP contribution in [0.15, 0.2) is 40.6 Å². The molecule has 3 rings (SSSR count). The monoisotopic (exact) mass is 301 g/mol. The van der Waals surface area contributed by atoms with Gasteiger partial charge >= 0.3 is 0 Å². The summed E-state index contributed by atoms with van der Waals surface area (Å²) >= 11 is 1.38. The third-order valence-electron chi connectivity index (χ3n) is 3.17. The van der Waals surface area contributed by atoms with Gasteiger partial charge in [0.05, 0.1) is 5.71 Å². The van der Waals surface area contributed by atoms with E-state index in [0.29, 0.717) is 11.0 Å². The number of amides is 1. The number of hydrogen-bond donors (Lipinski definition) is 0. The molecule has 0 saturated heterocycles. The smallest absolute Gasteiger partial charge is 0.241 e. The van der Waals surface area contributed by atoms with Gasteiger partial charge in [-0.25, -0.2) is 0 Å². The van der Waals surface area contributed by atoms with Crippen LogP contribution >= 0.6 is 11.8 Å². The van der Waals surface area contributed by atoms with Gasteiger partial charge in [0, 0.05) is 19.7 Å². The van der Waals surface area contributed by atoms with Gasteiger partial charge in [-0.2, -0.15) is 9.78 Å². The van der Waals surface area contributed by atoms with E-state index in [-0.39, 0.29) is 11.2 Å². The molecular weight excluding hydrogens is 286 g/mol. The fraction of sp³-hybridized carbons (Fsp3) is 0.286. The summed E-state index contributed by atoms with van der Waals surface area (Å²) in [5, 5.41) is 13.2. The maximum Gasteiger partial charge on any atom is 0.241 e. The van der Waals surface area contributed by atoms with E-state index in [9.17, 15) is 4.79 Å². The van der Waals surface area contributed by atoms with Crippen molar-refractivity contribution in [2.45, 2.75) is 17.3 Å². The first-order valence-corrected chi connectivity index (χ1v) is 7.40. The van der Waals surface area contributed by atoms with Crippen LogP contribution in [0, 0.1) is 0 Å². The molecule has 1 aliphatic rings. The van der Waals surface area contributed by atoms with E-state index >= 15 is 0 Å². The second-order valence-corrected chi connectivity index (χ2v) is 6.03. The van der Waals surface area contributed by atoms with E-state index in [1.54, 1.807) is 23.7 Å². The fourth-order valence-electron chi connectivity index (χ4n) is 2.06. The largest absolute Gasteiger partial charge is 0.348 e. The molecule has 1 aromatic heterocycles. The Balaban J connectivity index is 2.00. The maximum absolute atomic E-state index is 12.2. The molecule has 1 amide bonds. The highest BCUT2D eigenvalue weighted by Crippen LogP contribution is 2.31. The van der Waals surface area contributed by atoms with E-state index in [4.69, 9.17) is 0 Å². The highest BCUT2D eigenvalue weighted by molar-refractivity contribution is 8.01. The average Bonchev–Trinajstić information content (AvgIpc) is 2.89. The summed E-state index contributed by atoms with van der Waals surface area (Å²) in [6.45, 7) is 1.86. The minimum absolute atomic E-state index is 0.0109. The fourth-order valence-corrected chi connectivity index (χ4v) is 3.12. The van der Waals surface area contributed by atoms with Crippen molar-refractivity contribution in [1.29, 1.82) is 0 Å². The highest BCUT2D eigenvalue weighted by atomic mass is 32.2. The van der Waals surface area contributed by atoms with Gasteiger partial charge in [-0.1, -0.05) is 42.1 Å². The van der Waals surface area contributed by atoms with Crippen molar-refractivity contribution >= 4 is 23.4 Å². The Morgan fingerprint density at radius 3 is 2.62 bits per heavy atom. The first-order valence-electron chi connectivity index (χ1n) is 6.52. The molecule has 0 fully saturated rings. The molecule has 2 aromatic rings. The van der Waals surface area contributed by atoms with E-state index < -0.39 is 0 Å². The molecule has 21 heavy (non-hydrogen) atoms. The van der Waals surface area contributed by atoms with Crippen molar-refractivity contribution in [1.82, 2.24) is 19.8 Å². The van der Waals surface area contributed by atoms with Crippen LogP contribution in [0.25, 0.3) is 11.4 Å². The second-order valence-electron chi connectivity index (χ2n) is 4.96. The Morgan fingerprint density at radius 1 is 1.24 bits per heavy atom. The maximum atomic E-state index is 12.2. The van der Waals surface area contributed by atoms with Crippen LogP contribution in [-0.4, -0.2) is 50.7 Å². The molecule has 0 spiro atoms. The van der Waals surface area contributed by atoms with Crippen molar-refractivity contribution < 1.29 is 4.79 Å². The van der Waals surface area contributed by atoms with Crippen LogP contribution in [0.4, 0.5) is 0 Å². The number of rotatable bonds is 2. The lowest BCUT2D eigenvalue weighted by atomic mass is 10.2. The Kier molecular flexibility index (Phi) is 3.50. The van der Waals surface area contributed by atoms with Gasteiger partial charge in [0.1, 0.15) is 5.25 Å². The van der Waals surface area contributed by atoms with E-state index in [2.05, 4.69) is 15.3 Å². The lowest BCUT2D eigenvalue weighted by Gasteiger charge is -2.22. The molecule has 0 bridgehead atoms. The van der Waals surface area contributed by atoms with Gasteiger partial charge in [-0.3, -0.25) is 4.79 Å². The molecule has 7 heteroatoms. The Bertz CT molecular complexity index is 707. The summed E-state index contributed by atoms with van der Waals surface area (Å²) in [6, 6.07) is 9.77. The SMILES string of the molecule is CC1=Nn2c(nnc2-c2ccccc2)SC1C(=O)N(C)C. The molecule has 0 N–H and O–H groups in total. The van der Waals surface area contributed by atoms with Crippen LogP contribution < -0.4 is 0 Å². The van der Waals surface area contributed by atoms with Gasteiger partial charge in [-0.05, 0) is 6.92 Å². The quantitative estimate of drug-likeness (QED) is 0.847. The first kappa shape index (κ1) is 13.8. The number of hydrogen-bond acceptors (Lipinski definition) is 5. The zero-order valence-electron chi connectivity index (χ0n) is 12.0. The normalized spacial score (nSPS) is 17.1. The minimum atomic E-state index is -0.333. The second kappa shape index (κ2) is 5.33. The average molecular weight is 301 g/mol. The minimum Gasteiger partial charge on any atom is -0.348 e. The summed E-state index contributed by atoms with van der Waals surface area (Å²) in [6.07, 6.45) is 0. The van der Waals surface area contributed by atoms with Gasteiger partial charge in [0.25, 0.3) is 0 Å². The van der Waals surface area contributed by atoms with E-state index in [0.717, 1.165) is 11.3 Å². The number of fused-ring (bicyclic) bond motifs is 1. The van der Waals surface area contributed by atoms with Crippen LogP contribution in [0.2, 0.25) is 0 Å². The van der Waals surface area contributed by atoms with Crippen molar-refractivity contribution in [3.8, 4) is 11.4 Å². The lowest BCUT2D eigenvalue weighted by molar-refractivity contribution is -0.126. The van der Waals surface area contributed by atoms with Crippen molar-refractivity contribution in [2.24, 2.45) is 5.10 Å². The molecule has 1 aliphatic heterocycles. The summed E-state index contributed by atoms with van der Waals surface area (Å²) in [5.41, 5.74) is 1.70. The molecular formula is C14H15N5OS. The number of benzene rings is 1. The Morgan fingerprint density at radius 2 is 1.95 bits per heavy atom. The molecule has 2 heterocycles. The molecule has 1 unspecified atom stereocenters. The van der Waals surface area contributed by atoms with Crippen molar-refractivity contribution in [3.63, 3.8) is 0 Å². The van der Waals surface area contributed by atoms with Crippen LogP contribution in [0.1, 0.15) is 6.92 Å². The number of nitrogens with zero attached hydrogens (tertiary/aromatic N) is 5. The van der Waals surface area contributed by atoms with Crippen molar-refractivity contribution in [2.75, 3.05) is 14.1 Å².